The SMILES string of the molecule is CC(C)(C)C(COc1ccccc1F)NC(=O)C1CC12CCNCC2. The van der Waals surface area contributed by atoms with Crippen molar-refractivity contribution in [1.82, 2.24) is 10.6 Å². The van der Waals surface area contributed by atoms with Crippen LogP contribution in [0, 0.1) is 22.6 Å². The van der Waals surface area contributed by atoms with Crippen LogP contribution in [0.3, 0.4) is 0 Å². The molecule has 1 aromatic rings. The zero-order chi connectivity index (χ0) is 18.1. The van der Waals surface area contributed by atoms with E-state index in [2.05, 4.69) is 31.4 Å². The largest absolute Gasteiger partial charge is 0.488 e. The number of ether oxygens (including phenoxy) is 1. The van der Waals surface area contributed by atoms with Crippen LogP contribution < -0.4 is 15.4 Å². The molecule has 2 N–H and O–H groups in total. The first kappa shape index (κ1) is 18.2. The maximum Gasteiger partial charge on any atom is 0.224 e. The number of amides is 1. The van der Waals surface area contributed by atoms with Crippen LogP contribution in [-0.2, 0) is 4.79 Å². The Morgan fingerprint density at radius 3 is 2.68 bits per heavy atom. The fourth-order valence-corrected chi connectivity index (χ4v) is 3.71. The molecule has 1 saturated heterocycles. The van der Waals surface area contributed by atoms with Gasteiger partial charge in [0.25, 0.3) is 0 Å². The van der Waals surface area contributed by atoms with E-state index in [-0.39, 0.29) is 46.9 Å². The molecule has 3 rings (SSSR count). The molecule has 0 radical (unpaired) electrons. The molecular weight excluding hydrogens is 319 g/mol. The lowest BCUT2D eigenvalue weighted by Crippen LogP contribution is -2.48. The van der Waals surface area contributed by atoms with Crippen LogP contribution in [0.25, 0.3) is 0 Å². The van der Waals surface area contributed by atoms with Gasteiger partial charge < -0.3 is 15.4 Å². The number of rotatable bonds is 5. The Hall–Kier alpha value is -1.62. The lowest BCUT2D eigenvalue weighted by molar-refractivity contribution is -0.125. The normalized spacial score (nSPS) is 23.1. The lowest BCUT2D eigenvalue weighted by Gasteiger charge is -2.32. The molecule has 138 valence electrons. The predicted octanol–water partition coefficient (Wildman–Crippen LogP) is 3.13. The van der Waals surface area contributed by atoms with Crippen molar-refractivity contribution in [2.45, 2.75) is 46.1 Å². The summed E-state index contributed by atoms with van der Waals surface area (Å²) in [7, 11) is 0. The van der Waals surface area contributed by atoms with E-state index in [0.29, 0.717) is 0 Å². The second kappa shape index (κ2) is 6.94. The molecule has 5 heteroatoms. The minimum absolute atomic E-state index is 0.118. The molecule has 1 aromatic carbocycles. The van der Waals surface area contributed by atoms with Crippen LogP contribution >= 0.6 is 0 Å². The van der Waals surface area contributed by atoms with Gasteiger partial charge in [-0.2, -0.15) is 0 Å². The van der Waals surface area contributed by atoms with Gasteiger partial charge in [0.1, 0.15) is 6.61 Å². The number of benzene rings is 1. The molecule has 1 saturated carbocycles. The van der Waals surface area contributed by atoms with Gasteiger partial charge in [0.2, 0.25) is 5.91 Å². The van der Waals surface area contributed by atoms with Gasteiger partial charge in [0, 0.05) is 5.92 Å². The van der Waals surface area contributed by atoms with Gasteiger partial charge in [-0.3, -0.25) is 4.79 Å². The van der Waals surface area contributed by atoms with Crippen molar-refractivity contribution >= 4 is 5.91 Å². The van der Waals surface area contributed by atoms with E-state index in [0.717, 1.165) is 32.4 Å². The van der Waals surface area contributed by atoms with Crippen molar-refractivity contribution < 1.29 is 13.9 Å². The second-order valence-electron chi connectivity index (χ2n) is 8.54. The molecule has 25 heavy (non-hydrogen) atoms. The van der Waals surface area contributed by atoms with Crippen molar-refractivity contribution in [3.8, 4) is 5.75 Å². The van der Waals surface area contributed by atoms with Gasteiger partial charge in [-0.15, -0.1) is 0 Å². The quantitative estimate of drug-likeness (QED) is 0.860. The van der Waals surface area contributed by atoms with Crippen LogP contribution in [-0.4, -0.2) is 31.6 Å². The van der Waals surface area contributed by atoms with E-state index < -0.39 is 0 Å². The van der Waals surface area contributed by atoms with Crippen LogP contribution in [0.1, 0.15) is 40.0 Å². The first-order chi connectivity index (χ1) is 11.8. The summed E-state index contributed by atoms with van der Waals surface area (Å²) in [5, 5.41) is 6.53. The number of hydrogen-bond donors (Lipinski definition) is 2. The van der Waals surface area contributed by atoms with Crippen molar-refractivity contribution in [1.29, 1.82) is 0 Å². The predicted molar refractivity (Wildman–Crippen MR) is 95.9 cm³/mol. The Bertz CT molecular complexity index is 620. The van der Waals surface area contributed by atoms with E-state index in [1.807, 2.05) is 0 Å². The van der Waals surface area contributed by atoms with Gasteiger partial charge in [0.05, 0.1) is 6.04 Å². The zero-order valence-corrected chi connectivity index (χ0v) is 15.4. The number of carbonyl (C=O) groups excluding carboxylic acids is 1. The summed E-state index contributed by atoms with van der Waals surface area (Å²) in [6.45, 7) is 8.46. The molecular formula is C20H29FN2O2. The molecule has 2 unspecified atom stereocenters. The molecule has 2 fully saturated rings. The van der Waals surface area contributed by atoms with E-state index in [1.165, 1.54) is 6.07 Å². The average Bonchev–Trinajstić information content (AvgIpc) is 3.25. The molecule has 4 nitrogen and oxygen atoms in total. The fraction of sp³-hybridized carbons (Fsp3) is 0.650. The van der Waals surface area contributed by atoms with E-state index >= 15 is 0 Å². The molecule has 1 aliphatic heterocycles. The van der Waals surface area contributed by atoms with Crippen LogP contribution in [0.5, 0.6) is 5.75 Å². The molecule has 0 bridgehead atoms. The van der Waals surface area contributed by atoms with Crippen molar-refractivity contribution in [3.63, 3.8) is 0 Å². The standard InChI is InChI=1S/C20H29FN2O2/c1-19(2,3)17(13-25-16-7-5-4-6-15(16)21)23-18(24)14-12-20(14)8-10-22-11-9-20/h4-7,14,17,22H,8-13H2,1-3H3,(H,23,24). The molecule has 1 aliphatic carbocycles. The van der Waals surface area contributed by atoms with Gasteiger partial charge in [-0.05, 0) is 55.3 Å². The van der Waals surface area contributed by atoms with Gasteiger partial charge in [-0.1, -0.05) is 32.9 Å². The van der Waals surface area contributed by atoms with Crippen molar-refractivity contribution in [2.75, 3.05) is 19.7 Å². The van der Waals surface area contributed by atoms with E-state index in [1.54, 1.807) is 18.2 Å². The third kappa shape index (κ3) is 4.14. The highest BCUT2D eigenvalue weighted by molar-refractivity contribution is 5.83. The number of carbonyl (C=O) groups is 1. The smallest absolute Gasteiger partial charge is 0.224 e. The second-order valence-corrected chi connectivity index (χ2v) is 8.54. The van der Waals surface area contributed by atoms with Gasteiger partial charge in [0.15, 0.2) is 11.6 Å². The lowest BCUT2D eigenvalue weighted by atomic mass is 9.86. The average molecular weight is 348 g/mol. The summed E-state index contributed by atoms with van der Waals surface area (Å²) in [5.41, 5.74) is 0.0429. The molecule has 0 aromatic heterocycles. The minimum atomic E-state index is -0.377. The third-order valence-electron chi connectivity index (χ3n) is 5.71. The number of nitrogens with one attached hydrogen (secondary N) is 2. The number of piperidine rings is 1. The molecule has 1 spiro atoms. The first-order valence-corrected chi connectivity index (χ1v) is 9.20. The number of para-hydroxylation sites is 1. The van der Waals surface area contributed by atoms with Crippen LogP contribution in [0.15, 0.2) is 24.3 Å². The third-order valence-corrected chi connectivity index (χ3v) is 5.71. The Morgan fingerprint density at radius 2 is 2.04 bits per heavy atom. The highest BCUT2D eigenvalue weighted by Crippen LogP contribution is 2.58. The topological polar surface area (TPSA) is 50.4 Å². The highest BCUT2D eigenvalue weighted by Gasteiger charge is 2.58. The molecule has 1 heterocycles. The Balaban J connectivity index is 1.60. The summed E-state index contributed by atoms with van der Waals surface area (Å²) in [5.74, 6) is 0.0939. The molecule has 2 aliphatic rings. The summed E-state index contributed by atoms with van der Waals surface area (Å²) >= 11 is 0. The summed E-state index contributed by atoms with van der Waals surface area (Å²) in [4.78, 5) is 12.8. The number of hydrogen-bond acceptors (Lipinski definition) is 3. The van der Waals surface area contributed by atoms with Gasteiger partial charge >= 0.3 is 0 Å². The van der Waals surface area contributed by atoms with Crippen LogP contribution in [0.4, 0.5) is 4.39 Å². The van der Waals surface area contributed by atoms with Crippen molar-refractivity contribution in [2.24, 2.45) is 16.7 Å². The first-order valence-electron chi connectivity index (χ1n) is 9.20. The summed E-state index contributed by atoms with van der Waals surface area (Å²) < 4.78 is 19.4. The zero-order valence-electron chi connectivity index (χ0n) is 15.4. The molecule has 2 atom stereocenters. The summed E-state index contributed by atoms with van der Waals surface area (Å²) in [6.07, 6.45) is 3.15. The maximum atomic E-state index is 13.8. The Morgan fingerprint density at radius 1 is 1.36 bits per heavy atom. The molecule has 1 amide bonds. The van der Waals surface area contributed by atoms with Crippen molar-refractivity contribution in [3.05, 3.63) is 30.1 Å². The van der Waals surface area contributed by atoms with Crippen LogP contribution in [0.2, 0.25) is 0 Å². The minimum Gasteiger partial charge on any atom is -0.488 e. The maximum absolute atomic E-state index is 13.8. The van der Waals surface area contributed by atoms with Gasteiger partial charge in [-0.25, -0.2) is 4.39 Å². The fourth-order valence-electron chi connectivity index (χ4n) is 3.71. The van der Waals surface area contributed by atoms with E-state index in [4.69, 9.17) is 4.74 Å². The van der Waals surface area contributed by atoms with E-state index in [9.17, 15) is 9.18 Å². The summed E-state index contributed by atoms with van der Waals surface area (Å²) in [6, 6.07) is 6.21. The highest BCUT2D eigenvalue weighted by atomic mass is 19.1. The Labute approximate surface area is 149 Å². The Kier molecular flexibility index (Phi) is 5.05. The monoisotopic (exact) mass is 348 g/mol. The number of halogens is 1.